The molecule has 1 unspecified atom stereocenters. The molecule has 0 spiro atoms. The van der Waals surface area contributed by atoms with Crippen molar-refractivity contribution < 1.29 is 14.3 Å². The van der Waals surface area contributed by atoms with E-state index < -0.39 is 0 Å². The molecule has 0 N–H and O–H groups in total. The van der Waals surface area contributed by atoms with E-state index in [2.05, 4.69) is 9.83 Å². The highest BCUT2D eigenvalue weighted by molar-refractivity contribution is 5.78. The highest BCUT2D eigenvalue weighted by Gasteiger charge is 2.27. The second-order valence-electron chi connectivity index (χ2n) is 7.99. The van der Waals surface area contributed by atoms with Gasteiger partial charge in [-0.2, -0.15) is 0 Å². The summed E-state index contributed by atoms with van der Waals surface area (Å²) in [5.41, 5.74) is 2.60. The Balaban J connectivity index is 1.41. The quantitative estimate of drug-likeness (QED) is 0.427. The summed E-state index contributed by atoms with van der Waals surface area (Å²) in [6.07, 6.45) is 2.45. The largest absolute Gasteiger partial charge is 0.457 e. The molecule has 1 fully saturated rings. The summed E-state index contributed by atoms with van der Waals surface area (Å²) in [6.45, 7) is 13.6. The zero-order valence-corrected chi connectivity index (χ0v) is 19.5. The fraction of sp³-hybridized carbons (Fsp3) is 0.296. The Morgan fingerprint density at radius 2 is 1.82 bits per heavy atom. The Labute approximate surface area is 200 Å². The van der Waals surface area contributed by atoms with E-state index in [0.29, 0.717) is 31.2 Å². The van der Waals surface area contributed by atoms with Crippen molar-refractivity contribution in [1.29, 1.82) is 0 Å². The molecule has 0 radical (unpaired) electrons. The Bertz CT molecular complexity index is 1160. The maximum Gasteiger partial charge on any atom is 0.248 e. The summed E-state index contributed by atoms with van der Waals surface area (Å²) in [6, 6.07) is 19.3. The lowest BCUT2D eigenvalue weighted by atomic mass is 10.0. The van der Waals surface area contributed by atoms with Crippen molar-refractivity contribution in [3.8, 4) is 11.5 Å². The molecule has 7 nitrogen and oxygen atoms in total. The lowest BCUT2D eigenvalue weighted by Gasteiger charge is -2.34. The minimum absolute atomic E-state index is 0.0529. The summed E-state index contributed by atoms with van der Waals surface area (Å²) in [5.74, 6) is 2.17. The average Bonchev–Trinajstić information content (AvgIpc) is 2.87. The summed E-state index contributed by atoms with van der Waals surface area (Å²) < 4.78 is 11.5. The number of morpholine rings is 1. The maximum absolute atomic E-state index is 12.0. The normalized spacial score (nSPS) is 15.6. The fourth-order valence-corrected chi connectivity index (χ4v) is 4.20. The SMILES string of the molecule is [C-]#[N+]c1cccnc1N(CC)c1ccc(Oc2ccc(CC3COCC(=O)N3CC)cc2)cc1. The monoisotopic (exact) mass is 456 g/mol. The molecule has 1 saturated heterocycles. The zero-order chi connectivity index (χ0) is 23.9. The predicted molar refractivity (Wildman–Crippen MR) is 132 cm³/mol. The Hall–Kier alpha value is -3.89. The molecule has 3 aromatic rings. The van der Waals surface area contributed by atoms with E-state index in [1.165, 1.54) is 0 Å². The Kier molecular flexibility index (Phi) is 7.41. The maximum atomic E-state index is 12.0. The van der Waals surface area contributed by atoms with Crippen LogP contribution in [0, 0.1) is 6.57 Å². The van der Waals surface area contributed by atoms with E-state index in [0.717, 1.165) is 29.2 Å². The van der Waals surface area contributed by atoms with Crippen LogP contribution in [0.1, 0.15) is 19.4 Å². The van der Waals surface area contributed by atoms with Gasteiger partial charge in [0.25, 0.3) is 0 Å². The molecule has 1 aromatic heterocycles. The highest BCUT2D eigenvalue weighted by atomic mass is 16.5. The first-order chi connectivity index (χ1) is 16.6. The van der Waals surface area contributed by atoms with Crippen LogP contribution in [0.5, 0.6) is 11.5 Å². The lowest BCUT2D eigenvalue weighted by molar-refractivity contribution is -0.147. The van der Waals surface area contributed by atoms with Crippen molar-refractivity contribution in [2.75, 3.05) is 31.2 Å². The molecule has 2 heterocycles. The number of rotatable bonds is 8. The van der Waals surface area contributed by atoms with Crippen molar-refractivity contribution in [1.82, 2.24) is 9.88 Å². The molecule has 0 aliphatic carbocycles. The number of hydrogen-bond acceptors (Lipinski definition) is 5. The van der Waals surface area contributed by atoms with Crippen LogP contribution in [0.2, 0.25) is 0 Å². The van der Waals surface area contributed by atoms with Crippen molar-refractivity contribution in [3.63, 3.8) is 0 Å². The lowest BCUT2D eigenvalue weighted by Crippen LogP contribution is -2.50. The van der Waals surface area contributed by atoms with E-state index in [9.17, 15) is 4.79 Å². The van der Waals surface area contributed by atoms with Gasteiger partial charge in [-0.25, -0.2) is 4.85 Å². The molecule has 34 heavy (non-hydrogen) atoms. The van der Waals surface area contributed by atoms with Crippen LogP contribution in [0.15, 0.2) is 66.9 Å². The van der Waals surface area contributed by atoms with Crippen LogP contribution < -0.4 is 9.64 Å². The van der Waals surface area contributed by atoms with Crippen molar-refractivity contribution in [2.45, 2.75) is 26.3 Å². The van der Waals surface area contributed by atoms with Gasteiger partial charge in [0, 0.05) is 25.0 Å². The van der Waals surface area contributed by atoms with Crippen molar-refractivity contribution >= 4 is 23.1 Å². The van der Waals surface area contributed by atoms with Crippen molar-refractivity contribution in [3.05, 3.63) is 83.8 Å². The van der Waals surface area contributed by atoms with Gasteiger partial charge in [0.2, 0.25) is 11.6 Å². The molecule has 1 aliphatic heterocycles. The first-order valence-electron chi connectivity index (χ1n) is 11.5. The molecule has 1 amide bonds. The van der Waals surface area contributed by atoms with Gasteiger partial charge in [-0.3, -0.25) is 9.78 Å². The molecule has 2 aromatic carbocycles. The summed E-state index contributed by atoms with van der Waals surface area (Å²) >= 11 is 0. The van der Waals surface area contributed by atoms with Gasteiger partial charge in [0.1, 0.15) is 23.9 Å². The minimum Gasteiger partial charge on any atom is -0.457 e. The van der Waals surface area contributed by atoms with Gasteiger partial charge in [0.05, 0.1) is 19.2 Å². The number of ether oxygens (including phenoxy) is 2. The Morgan fingerprint density at radius 1 is 1.12 bits per heavy atom. The third-order valence-electron chi connectivity index (χ3n) is 5.87. The van der Waals surface area contributed by atoms with Crippen molar-refractivity contribution in [2.24, 2.45) is 0 Å². The molecular formula is C27H28N4O3. The summed E-state index contributed by atoms with van der Waals surface area (Å²) in [4.78, 5) is 23.9. The van der Waals surface area contributed by atoms with Crippen LogP contribution >= 0.6 is 0 Å². The van der Waals surface area contributed by atoms with E-state index in [4.69, 9.17) is 16.0 Å². The van der Waals surface area contributed by atoms with E-state index in [1.807, 2.05) is 72.2 Å². The molecule has 0 saturated carbocycles. The standard InChI is InChI=1S/C27H28N4O3/c1-4-30-22(18-33-19-26(30)32)17-20-8-12-23(13-9-20)34-24-14-10-21(11-15-24)31(5-2)27-25(28-3)7-6-16-29-27/h6-16,22H,4-5,17-19H2,1-2H3. The number of hydrogen-bond donors (Lipinski definition) is 0. The number of carbonyl (C=O) groups is 1. The number of benzene rings is 2. The minimum atomic E-state index is 0.0529. The summed E-state index contributed by atoms with van der Waals surface area (Å²) in [5, 5.41) is 0. The van der Waals surface area contributed by atoms with Gasteiger partial charge >= 0.3 is 0 Å². The number of nitrogens with zero attached hydrogens (tertiary/aromatic N) is 4. The number of aromatic nitrogens is 1. The van der Waals surface area contributed by atoms with Crippen LogP contribution in [-0.2, 0) is 16.0 Å². The second kappa shape index (κ2) is 10.8. The third-order valence-corrected chi connectivity index (χ3v) is 5.87. The molecule has 1 aliphatic rings. The van der Waals surface area contributed by atoms with E-state index in [1.54, 1.807) is 18.3 Å². The number of anilines is 2. The van der Waals surface area contributed by atoms with Gasteiger partial charge in [-0.1, -0.05) is 24.3 Å². The molecule has 0 bridgehead atoms. The van der Waals surface area contributed by atoms with Crippen LogP contribution in [0.4, 0.5) is 17.2 Å². The van der Waals surface area contributed by atoms with E-state index >= 15 is 0 Å². The van der Waals surface area contributed by atoms with Crippen LogP contribution in [0.3, 0.4) is 0 Å². The third kappa shape index (κ3) is 5.19. The predicted octanol–water partition coefficient (Wildman–Crippen LogP) is 5.37. The van der Waals surface area contributed by atoms with Crippen LogP contribution in [0.25, 0.3) is 4.85 Å². The van der Waals surface area contributed by atoms with Crippen LogP contribution in [-0.4, -0.2) is 48.1 Å². The molecule has 7 heteroatoms. The number of carbonyl (C=O) groups excluding carboxylic acids is 1. The first kappa shape index (κ1) is 23.3. The molecule has 1 atom stereocenters. The number of likely N-dealkylation sites (N-methyl/N-ethyl adjacent to an activating group) is 1. The first-order valence-corrected chi connectivity index (χ1v) is 11.5. The topological polar surface area (TPSA) is 59.3 Å². The zero-order valence-electron chi connectivity index (χ0n) is 19.5. The fourth-order valence-electron chi connectivity index (χ4n) is 4.20. The smallest absolute Gasteiger partial charge is 0.248 e. The molecular weight excluding hydrogens is 428 g/mol. The van der Waals surface area contributed by atoms with Gasteiger partial charge in [-0.15, -0.1) is 0 Å². The van der Waals surface area contributed by atoms with E-state index in [-0.39, 0.29) is 18.6 Å². The van der Waals surface area contributed by atoms with Gasteiger partial charge in [0.15, 0.2) is 0 Å². The van der Waals surface area contributed by atoms with Gasteiger partial charge < -0.3 is 19.3 Å². The number of pyridine rings is 1. The Morgan fingerprint density at radius 3 is 2.47 bits per heavy atom. The molecule has 174 valence electrons. The van der Waals surface area contributed by atoms with Gasteiger partial charge in [-0.05, 0) is 62.2 Å². The average molecular weight is 457 g/mol. The second-order valence-corrected chi connectivity index (χ2v) is 7.99. The highest BCUT2D eigenvalue weighted by Crippen LogP contribution is 2.33. The summed E-state index contributed by atoms with van der Waals surface area (Å²) in [7, 11) is 0. The molecule has 4 rings (SSSR count). The number of amides is 1.